The maximum atomic E-state index is 10.5. The van der Waals surface area contributed by atoms with Crippen LogP contribution < -0.4 is 5.73 Å². The van der Waals surface area contributed by atoms with Crippen LogP contribution in [0, 0.1) is 0 Å². The van der Waals surface area contributed by atoms with Crippen molar-refractivity contribution in [1.29, 1.82) is 0 Å². The molecule has 4 nitrogen and oxygen atoms in total. The summed E-state index contributed by atoms with van der Waals surface area (Å²) in [6.45, 7) is 0. The van der Waals surface area contributed by atoms with E-state index in [-0.39, 0.29) is 6.04 Å². The average Bonchev–Trinajstić information content (AvgIpc) is 2.76. The first-order valence-corrected chi connectivity index (χ1v) is 6.92. The first kappa shape index (κ1) is 11.2. The zero-order valence-electron chi connectivity index (χ0n) is 9.67. The maximum Gasteiger partial charge on any atom is 0.193 e. The summed E-state index contributed by atoms with van der Waals surface area (Å²) in [5, 5.41) is 12.5. The van der Waals surface area contributed by atoms with E-state index in [1.54, 1.807) is 11.3 Å². The SMILES string of the molecule is NC1CCCC(O)(Cc2cn3ccsc3n2)C1. The highest BCUT2D eigenvalue weighted by Gasteiger charge is 2.33. The third kappa shape index (κ3) is 2.22. The van der Waals surface area contributed by atoms with Crippen LogP contribution in [-0.2, 0) is 6.42 Å². The van der Waals surface area contributed by atoms with Crippen LogP contribution in [-0.4, -0.2) is 26.1 Å². The van der Waals surface area contributed by atoms with Crippen LogP contribution in [0.2, 0.25) is 0 Å². The molecule has 2 atom stereocenters. The monoisotopic (exact) mass is 251 g/mol. The van der Waals surface area contributed by atoms with Gasteiger partial charge in [0.2, 0.25) is 0 Å². The van der Waals surface area contributed by atoms with Gasteiger partial charge in [0, 0.05) is 30.2 Å². The number of nitrogens with two attached hydrogens (primary N) is 1. The Labute approximate surface area is 104 Å². The fraction of sp³-hybridized carbons (Fsp3) is 0.583. The number of aliphatic hydroxyl groups is 1. The molecule has 1 aliphatic rings. The summed E-state index contributed by atoms with van der Waals surface area (Å²) in [7, 11) is 0. The van der Waals surface area contributed by atoms with E-state index in [1.807, 2.05) is 22.2 Å². The van der Waals surface area contributed by atoms with E-state index < -0.39 is 5.60 Å². The van der Waals surface area contributed by atoms with Crippen molar-refractivity contribution in [2.75, 3.05) is 0 Å². The van der Waals surface area contributed by atoms with Gasteiger partial charge in [-0.25, -0.2) is 4.98 Å². The van der Waals surface area contributed by atoms with Crippen LogP contribution in [0.5, 0.6) is 0 Å². The topological polar surface area (TPSA) is 63.5 Å². The molecular formula is C12H17N3OS. The summed E-state index contributed by atoms with van der Waals surface area (Å²) in [6.07, 6.45) is 8.19. The highest BCUT2D eigenvalue weighted by molar-refractivity contribution is 7.15. The number of thiazole rings is 1. The molecule has 0 aliphatic heterocycles. The van der Waals surface area contributed by atoms with E-state index >= 15 is 0 Å². The zero-order valence-corrected chi connectivity index (χ0v) is 10.5. The standard InChI is InChI=1S/C12H17N3OS/c13-9-2-1-3-12(16,6-9)7-10-8-15-4-5-17-11(15)14-10/h4-5,8-9,16H,1-3,6-7,13H2. The molecule has 2 heterocycles. The Hall–Kier alpha value is -0.910. The fourth-order valence-corrected chi connectivity index (χ4v) is 3.46. The van der Waals surface area contributed by atoms with Gasteiger partial charge in [0.05, 0.1) is 11.3 Å². The number of hydrogen-bond donors (Lipinski definition) is 2. The first-order valence-electron chi connectivity index (χ1n) is 6.04. The van der Waals surface area contributed by atoms with Gasteiger partial charge in [0.1, 0.15) is 0 Å². The van der Waals surface area contributed by atoms with Crippen LogP contribution in [0.15, 0.2) is 17.8 Å². The minimum atomic E-state index is -0.651. The van der Waals surface area contributed by atoms with Gasteiger partial charge in [-0.05, 0) is 25.7 Å². The molecule has 0 saturated heterocycles. The molecular weight excluding hydrogens is 234 g/mol. The Morgan fingerprint density at radius 3 is 3.29 bits per heavy atom. The molecule has 3 N–H and O–H groups in total. The molecule has 0 spiro atoms. The van der Waals surface area contributed by atoms with E-state index in [4.69, 9.17) is 5.73 Å². The Morgan fingerprint density at radius 2 is 2.53 bits per heavy atom. The van der Waals surface area contributed by atoms with Gasteiger partial charge in [0.25, 0.3) is 0 Å². The fourth-order valence-electron chi connectivity index (χ4n) is 2.74. The first-order chi connectivity index (χ1) is 8.15. The third-order valence-corrected chi connectivity index (χ3v) is 4.28. The van der Waals surface area contributed by atoms with Crippen molar-refractivity contribution in [3.63, 3.8) is 0 Å². The van der Waals surface area contributed by atoms with Crippen molar-refractivity contribution in [2.45, 2.75) is 43.7 Å². The lowest BCUT2D eigenvalue weighted by Gasteiger charge is -2.34. The number of imidazole rings is 1. The van der Waals surface area contributed by atoms with Gasteiger partial charge >= 0.3 is 0 Å². The average molecular weight is 251 g/mol. The van der Waals surface area contributed by atoms with Crippen molar-refractivity contribution >= 4 is 16.3 Å². The predicted molar refractivity (Wildman–Crippen MR) is 68.2 cm³/mol. The summed E-state index contributed by atoms with van der Waals surface area (Å²) in [5.74, 6) is 0. The Morgan fingerprint density at radius 1 is 1.65 bits per heavy atom. The molecule has 1 saturated carbocycles. The second kappa shape index (κ2) is 4.08. The second-order valence-corrected chi connectivity index (χ2v) is 5.96. The zero-order chi connectivity index (χ0) is 11.9. The lowest BCUT2D eigenvalue weighted by molar-refractivity contribution is -0.00260. The number of aromatic nitrogens is 2. The highest BCUT2D eigenvalue weighted by Crippen LogP contribution is 2.30. The summed E-state index contributed by atoms with van der Waals surface area (Å²) >= 11 is 1.62. The lowest BCUT2D eigenvalue weighted by Crippen LogP contribution is -2.42. The van der Waals surface area contributed by atoms with Crippen molar-refractivity contribution in [3.8, 4) is 0 Å². The summed E-state index contributed by atoms with van der Waals surface area (Å²) in [5.41, 5.74) is 6.25. The molecule has 0 aromatic carbocycles. The highest BCUT2D eigenvalue weighted by atomic mass is 32.1. The van der Waals surface area contributed by atoms with Crippen molar-refractivity contribution in [3.05, 3.63) is 23.5 Å². The van der Waals surface area contributed by atoms with Crippen LogP contribution in [0.3, 0.4) is 0 Å². The molecule has 1 aliphatic carbocycles. The molecule has 1 fully saturated rings. The van der Waals surface area contributed by atoms with Crippen molar-refractivity contribution < 1.29 is 5.11 Å². The van der Waals surface area contributed by atoms with Crippen LogP contribution in [0.1, 0.15) is 31.4 Å². The van der Waals surface area contributed by atoms with Crippen molar-refractivity contribution in [2.24, 2.45) is 5.73 Å². The number of fused-ring (bicyclic) bond motifs is 1. The quantitative estimate of drug-likeness (QED) is 0.851. The minimum Gasteiger partial charge on any atom is -0.389 e. The maximum absolute atomic E-state index is 10.5. The molecule has 0 amide bonds. The van der Waals surface area contributed by atoms with E-state index in [0.717, 1.165) is 29.9 Å². The van der Waals surface area contributed by atoms with Crippen LogP contribution >= 0.6 is 11.3 Å². The Kier molecular flexibility index (Phi) is 2.69. The molecule has 2 unspecified atom stereocenters. The second-order valence-electron chi connectivity index (χ2n) is 5.08. The van der Waals surface area contributed by atoms with Gasteiger partial charge in [-0.1, -0.05) is 0 Å². The van der Waals surface area contributed by atoms with Gasteiger partial charge in [-0.15, -0.1) is 11.3 Å². The number of rotatable bonds is 2. The Bertz CT molecular complexity index is 492. The molecule has 0 bridgehead atoms. The molecule has 17 heavy (non-hydrogen) atoms. The molecule has 0 radical (unpaired) electrons. The van der Waals surface area contributed by atoms with Crippen molar-refractivity contribution in [1.82, 2.24) is 9.38 Å². The summed E-state index contributed by atoms with van der Waals surface area (Å²) in [4.78, 5) is 5.51. The van der Waals surface area contributed by atoms with Crippen LogP contribution in [0.25, 0.3) is 4.96 Å². The third-order valence-electron chi connectivity index (χ3n) is 3.51. The molecule has 3 rings (SSSR count). The van der Waals surface area contributed by atoms with E-state index in [9.17, 15) is 5.11 Å². The van der Waals surface area contributed by atoms with Gasteiger partial charge in [-0.2, -0.15) is 0 Å². The largest absolute Gasteiger partial charge is 0.389 e. The van der Waals surface area contributed by atoms with Gasteiger partial charge < -0.3 is 10.8 Å². The van der Waals surface area contributed by atoms with Gasteiger partial charge in [-0.3, -0.25) is 4.40 Å². The lowest BCUT2D eigenvalue weighted by atomic mass is 9.79. The van der Waals surface area contributed by atoms with E-state index in [1.165, 1.54) is 0 Å². The molecule has 92 valence electrons. The van der Waals surface area contributed by atoms with Gasteiger partial charge in [0.15, 0.2) is 4.96 Å². The number of nitrogens with zero attached hydrogens (tertiary/aromatic N) is 2. The summed E-state index contributed by atoms with van der Waals surface area (Å²) in [6, 6.07) is 0.137. The predicted octanol–water partition coefficient (Wildman–Crippen LogP) is 1.57. The molecule has 2 aromatic rings. The summed E-state index contributed by atoms with van der Waals surface area (Å²) < 4.78 is 2.01. The smallest absolute Gasteiger partial charge is 0.193 e. The normalized spacial score (nSPS) is 29.9. The molecule has 5 heteroatoms. The molecule has 2 aromatic heterocycles. The van der Waals surface area contributed by atoms with E-state index in [0.29, 0.717) is 12.8 Å². The van der Waals surface area contributed by atoms with E-state index in [2.05, 4.69) is 4.98 Å². The number of hydrogen-bond acceptors (Lipinski definition) is 4. The Balaban J connectivity index is 1.79. The minimum absolute atomic E-state index is 0.137. The van der Waals surface area contributed by atoms with Crippen LogP contribution in [0.4, 0.5) is 0 Å².